The maximum absolute atomic E-state index is 5.72. The molecule has 0 amide bonds. The van der Waals surface area contributed by atoms with Crippen LogP contribution in [0.3, 0.4) is 0 Å². The first-order valence-electron chi connectivity index (χ1n) is 10.4. The van der Waals surface area contributed by atoms with Gasteiger partial charge in [0.05, 0.1) is 12.6 Å². The average Bonchev–Trinajstić information content (AvgIpc) is 3.25. The number of piperazine rings is 1. The van der Waals surface area contributed by atoms with Gasteiger partial charge in [0.2, 0.25) is 0 Å². The molecule has 2 aromatic carbocycles. The van der Waals surface area contributed by atoms with Gasteiger partial charge in [-0.1, -0.05) is 36.4 Å². The highest BCUT2D eigenvalue weighted by Gasteiger charge is 2.34. The summed E-state index contributed by atoms with van der Waals surface area (Å²) in [5.74, 6) is 1.71. The molecule has 7 heteroatoms. The molecule has 0 bridgehead atoms. The third-order valence-electron chi connectivity index (χ3n) is 5.61. The van der Waals surface area contributed by atoms with Crippen LogP contribution in [0.4, 0.5) is 5.69 Å². The summed E-state index contributed by atoms with van der Waals surface area (Å²) < 4.78 is 7.65. The molecule has 158 valence electrons. The minimum Gasteiger partial charge on any atom is -0.496 e. The molecular formula is C23H30N6O. The fourth-order valence-electron chi connectivity index (χ4n) is 4.11. The maximum Gasteiger partial charge on any atom is 0.173 e. The monoisotopic (exact) mass is 406 g/mol. The van der Waals surface area contributed by atoms with Crippen LogP contribution in [0.2, 0.25) is 0 Å². The van der Waals surface area contributed by atoms with E-state index in [-0.39, 0.29) is 11.6 Å². The van der Waals surface area contributed by atoms with Crippen LogP contribution in [0.5, 0.6) is 5.75 Å². The second kappa shape index (κ2) is 8.44. The summed E-state index contributed by atoms with van der Waals surface area (Å²) in [6.07, 6.45) is 0. The van der Waals surface area contributed by atoms with Gasteiger partial charge in [0.1, 0.15) is 11.8 Å². The van der Waals surface area contributed by atoms with Crippen LogP contribution < -0.4 is 9.64 Å². The molecule has 1 atom stereocenters. The number of anilines is 1. The highest BCUT2D eigenvalue weighted by molar-refractivity contribution is 5.46. The number of hydrogen-bond acceptors (Lipinski definition) is 6. The molecule has 2 heterocycles. The van der Waals surface area contributed by atoms with E-state index in [0.717, 1.165) is 43.3 Å². The summed E-state index contributed by atoms with van der Waals surface area (Å²) in [4.78, 5) is 4.90. The molecule has 0 radical (unpaired) electrons. The number of rotatable bonds is 5. The summed E-state index contributed by atoms with van der Waals surface area (Å²) in [7, 11) is 1.72. The van der Waals surface area contributed by atoms with Gasteiger partial charge < -0.3 is 9.64 Å². The Balaban J connectivity index is 1.68. The average molecular weight is 407 g/mol. The summed E-state index contributed by atoms with van der Waals surface area (Å²) in [6, 6.07) is 18.7. The Bertz CT molecular complexity index is 957. The standard InChI is InChI=1S/C23H30N6O/c1-23(2,3)29-22(24-25-26-29)21(19-12-8-9-13-20(19)30-4)28-16-14-27(15-17-28)18-10-6-5-7-11-18/h5-13,21H,14-17H2,1-4H3. The van der Waals surface area contributed by atoms with Crippen LogP contribution in [-0.2, 0) is 5.54 Å². The van der Waals surface area contributed by atoms with E-state index in [9.17, 15) is 0 Å². The van der Waals surface area contributed by atoms with Crippen molar-refractivity contribution in [3.8, 4) is 5.75 Å². The highest BCUT2D eigenvalue weighted by Crippen LogP contribution is 2.35. The fourth-order valence-corrected chi connectivity index (χ4v) is 4.11. The molecular weight excluding hydrogens is 376 g/mol. The van der Waals surface area contributed by atoms with Gasteiger partial charge in [-0.05, 0) is 49.4 Å². The van der Waals surface area contributed by atoms with E-state index in [1.807, 2.05) is 16.8 Å². The Kier molecular flexibility index (Phi) is 5.72. The SMILES string of the molecule is COc1ccccc1C(c1nnnn1C(C)(C)C)N1CCN(c2ccccc2)CC1. The summed E-state index contributed by atoms with van der Waals surface area (Å²) in [5.41, 5.74) is 2.14. The molecule has 0 spiro atoms. The molecule has 1 fully saturated rings. The summed E-state index contributed by atoms with van der Waals surface area (Å²) in [5, 5.41) is 12.8. The first kappa shape index (κ1) is 20.3. The molecule has 1 unspecified atom stereocenters. The van der Waals surface area contributed by atoms with Crippen molar-refractivity contribution in [1.82, 2.24) is 25.1 Å². The van der Waals surface area contributed by atoms with Crippen molar-refractivity contribution >= 4 is 5.69 Å². The Hall–Kier alpha value is -2.93. The van der Waals surface area contributed by atoms with E-state index in [0.29, 0.717) is 0 Å². The van der Waals surface area contributed by atoms with Crippen LogP contribution in [0.15, 0.2) is 54.6 Å². The van der Waals surface area contributed by atoms with Crippen LogP contribution in [-0.4, -0.2) is 58.4 Å². The largest absolute Gasteiger partial charge is 0.496 e. The van der Waals surface area contributed by atoms with Crippen LogP contribution in [0.25, 0.3) is 0 Å². The van der Waals surface area contributed by atoms with Crippen molar-refractivity contribution in [1.29, 1.82) is 0 Å². The van der Waals surface area contributed by atoms with Crippen LogP contribution in [0, 0.1) is 0 Å². The Morgan fingerprint density at radius 1 is 0.900 bits per heavy atom. The Morgan fingerprint density at radius 3 is 2.23 bits per heavy atom. The molecule has 0 aliphatic carbocycles. The maximum atomic E-state index is 5.72. The van der Waals surface area contributed by atoms with E-state index in [4.69, 9.17) is 4.74 Å². The lowest BCUT2D eigenvalue weighted by molar-refractivity contribution is 0.188. The normalized spacial score (nSPS) is 16.5. The number of nitrogens with zero attached hydrogens (tertiary/aromatic N) is 6. The minimum absolute atomic E-state index is 0.0756. The van der Waals surface area contributed by atoms with E-state index in [2.05, 4.69) is 88.6 Å². The predicted octanol–water partition coefficient (Wildman–Crippen LogP) is 3.35. The number of methoxy groups -OCH3 is 1. The van der Waals surface area contributed by atoms with Gasteiger partial charge >= 0.3 is 0 Å². The van der Waals surface area contributed by atoms with E-state index in [1.165, 1.54) is 5.69 Å². The molecule has 3 aromatic rings. The smallest absolute Gasteiger partial charge is 0.173 e. The van der Waals surface area contributed by atoms with Gasteiger partial charge in [0.15, 0.2) is 5.82 Å². The lowest BCUT2D eigenvalue weighted by atomic mass is 10.0. The lowest BCUT2D eigenvalue weighted by Crippen LogP contribution is -2.48. The molecule has 1 aliphatic heterocycles. The van der Waals surface area contributed by atoms with Gasteiger partial charge in [-0.3, -0.25) is 4.90 Å². The van der Waals surface area contributed by atoms with E-state index in [1.54, 1.807) is 7.11 Å². The molecule has 1 aliphatic rings. The minimum atomic E-state index is -0.217. The summed E-state index contributed by atoms with van der Waals surface area (Å²) in [6.45, 7) is 10.1. The molecule has 4 rings (SSSR count). The van der Waals surface area contributed by atoms with Gasteiger partial charge in [-0.2, -0.15) is 0 Å². The van der Waals surface area contributed by atoms with Crippen molar-refractivity contribution < 1.29 is 4.74 Å². The van der Waals surface area contributed by atoms with Crippen LogP contribution >= 0.6 is 0 Å². The number of para-hydroxylation sites is 2. The molecule has 0 N–H and O–H groups in total. The number of benzene rings is 2. The first-order chi connectivity index (χ1) is 14.5. The number of aromatic nitrogens is 4. The van der Waals surface area contributed by atoms with Gasteiger partial charge in [-0.25, -0.2) is 4.68 Å². The number of hydrogen-bond donors (Lipinski definition) is 0. The Morgan fingerprint density at radius 2 is 1.57 bits per heavy atom. The third-order valence-corrected chi connectivity index (χ3v) is 5.61. The lowest BCUT2D eigenvalue weighted by Gasteiger charge is -2.40. The fraction of sp³-hybridized carbons (Fsp3) is 0.435. The van der Waals surface area contributed by atoms with Crippen molar-refractivity contribution in [3.63, 3.8) is 0 Å². The third kappa shape index (κ3) is 4.03. The molecule has 7 nitrogen and oxygen atoms in total. The summed E-state index contributed by atoms with van der Waals surface area (Å²) >= 11 is 0. The predicted molar refractivity (Wildman–Crippen MR) is 118 cm³/mol. The van der Waals surface area contributed by atoms with Gasteiger partial charge in [0.25, 0.3) is 0 Å². The van der Waals surface area contributed by atoms with Crippen molar-refractivity contribution in [2.75, 3.05) is 38.2 Å². The molecule has 30 heavy (non-hydrogen) atoms. The second-order valence-electron chi connectivity index (χ2n) is 8.62. The number of ether oxygens (including phenoxy) is 1. The van der Waals surface area contributed by atoms with Crippen molar-refractivity contribution in [2.24, 2.45) is 0 Å². The zero-order valence-electron chi connectivity index (χ0n) is 18.2. The molecule has 0 saturated carbocycles. The van der Waals surface area contributed by atoms with Crippen molar-refractivity contribution in [3.05, 3.63) is 66.0 Å². The topological polar surface area (TPSA) is 59.3 Å². The van der Waals surface area contributed by atoms with Gasteiger partial charge in [-0.15, -0.1) is 5.10 Å². The molecule has 1 aromatic heterocycles. The van der Waals surface area contributed by atoms with E-state index < -0.39 is 0 Å². The first-order valence-corrected chi connectivity index (χ1v) is 10.4. The number of tetrazole rings is 1. The Labute approximate surface area is 178 Å². The molecule has 1 saturated heterocycles. The highest BCUT2D eigenvalue weighted by atomic mass is 16.5. The van der Waals surface area contributed by atoms with Crippen LogP contribution in [0.1, 0.15) is 38.2 Å². The zero-order valence-corrected chi connectivity index (χ0v) is 18.2. The van der Waals surface area contributed by atoms with Gasteiger partial charge in [0, 0.05) is 37.4 Å². The van der Waals surface area contributed by atoms with E-state index >= 15 is 0 Å². The second-order valence-corrected chi connectivity index (χ2v) is 8.62. The quantitative estimate of drug-likeness (QED) is 0.648. The van der Waals surface area contributed by atoms with Crippen molar-refractivity contribution in [2.45, 2.75) is 32.4 Å². The zero-order chi connectivity index (χ0) is 21.1.